The van der Waals surface area contributed by atoms with Crippen LogP contribution in [0.1, 0.15) is 18.5 Å². The number of nitrogens with zero attached hydrogens (tertiary/aromatic N) is 2. The van der Waals surface area contributed by atoms with Crippen LogP contribution in [0.25, 0.3) is 11.0 Å². The zero-order chi connectivity index (χ0) is 15.4. The Morgan fingerprint density at radius 1 is 1.18 bits per heavy atom. The largest absolute Gasteiger partial charge is 0.497 e. The number of aromatic nitrogens is 2. The second kappa shape index (κ2) is 6.62. The molecule has 1 N–H and O–H groups in total. The molecular weight excluding hydrogens is 274 g/mol. The maximum atomic E-state index is 5.28. The van der Waals surface area contributed by atoms with Gasteiger partial charge in [0.1, 0.15) is 5.75 Å². The van der Waals surface area contributed by atoms with Crippen LogP contribution in [-0.2, 0) is 6.54 Å². The SMILES string of the molecule is COc1cccc(C(C)NCCn2cnc3ccccc32)c1. The van der Waals surface area contributed by atoms with Crippen molar-refractivity contribution in [2.75, 3.05) is 13.7 Å². The van der Waals surface area contributed by atoms with Crippen LogP contribution in [0.3, 0.4) is 0 Å². The maximum absolute atomic E-state index is 5.28. The van der Waals surface area contributed by atoms with Gasteiger partial charge in [-0.15, -0.1) is 0 Å². The van der Waals surface area contributed by atoms with E-state index in [2.05, 4.69) is 40.0 Å². The molecule has 0 aliphatic rings. The number of benzene rings is 2. The van der Waals surface area contributed by atoms with Crippen molar-refractivity contribution in [2.24, 2.45) is 0 Å². The van der Waals surface area contributed by atoms with Crippen molar-refractivity contribution >= 4 is 11.0 Å². The van der Waals surface area contributed by atoms with E-state index in [4.69, 9.17) is 4.74 Å². The minimum absolute atomic E-state index is 0.282. The molecule has 0 spiro atoms. The average Bonchev–Trinajstić information content (AvgIpc) is 2.98. The van der Waals surface area contributed by atoms with Crippen molar-refractivity contribution < 1.29 is 4.74 Å². The fraction of sp³-hybridized carbons (Fsp3) is 0.278. The monoisotopic (exact) mass is 295 g/mol. The molecule has 0 aliphatic heterocycles. The highest BCUT2D eigenvalue weighted by Crippen LogP contribution is 2.18. The molecule has 0 saturated carbocycles. The number of fused-ring (bicyclic) bond motifs is 1. The maximum Gasteiger partial charge on any atom is 0.119 e. The van der Waals surface area contributed by atoms with E-state index in [1.54, 1.807) is 7.11 Å². The Morgan fingerprint density at radius 2 is 2.05 bits per heavy atom. The Labute approximate surface area is 130 Å². The standard InChI is InChI=1S/C18H21N3O/c1-14(15-6-5-7-16(12-15)22-2)19-10-11-21-13-20-17-8-3-4-9-18(17)21/h3-9,12-14,19H,10-11H2,1-2H3. The summed E-state index contributed by atoms with van der Waals surface area (Å²) >= 11 is 0. The zero-order valence-electron chi connectivity index (χ0n) is 13.0. The van der Waals surface area contributed by atoms with E-state index in [1.165, 1.54) is 11.1 Å². The molecule has 22 heavy (non-hydrogen) atoms. The van der Waals surface area contributed by atoms with Crippen molar-refractivity contribution in [1.82, 2.24) is 14.9 Å². The van der Waals surface area contributed by atoms with Crippen molar-refractivity contribution in [1.29, 1.82) is 0 Å². The van der Waals surface area contributed by atoms with Crippen molar-refractivity contribution in [3.05, 3.63) is 60.4 Å². The lowest BCUT2D eigenvalue weighted by molar-refractivity contribution is 0.413. The van der Waals surface area contributed by atoms with Crippen LogP contribution in [0, 0.1) is 0 Å². The summed E-state index contributed by atoms with van der Waals surface area (Å²) in [5.41, 5.74) is 3.46. The summed E-state index contributed by atoms with van der Waals surface area (Å²) in [6.45, 7) is 3.95. The normalized spacial score (nSPS) is 12.5. The summed E-state index contributed by atoms with van der Waals surface area (Å²) < 4.78 is 7.46. The molecule has 1 atom stereocenters. The first-order valence-corrected chi connectivity index (χ1v) is 7.55. The molecule has 2 aromatic carbocycles. The third-order valence-electron chi connectivity index (χ3n) is 3.92. The molecule has 3 aromatic rings. The second-order valence-corrected chi connectivity index (χ2v) is 5.38. The van der Waals surface area contributed by atoms with Gasteiger partial charge in [0.05, 0.1) is 24.5 Å². The van der Waals surface area contributed by atoms with Crippen LogP contribution in [0.2, 0.25) is 0 Å². The highest BCUT2D eigenvalue weighted by Gasteiger charge is 2.06. The highest BCUT2D eigenvalue weighted by atomic mass is 16.5. The van der Waals surface area contributed by atoms with Gasteiger partial charge in [-0.2, -0.15) is 0 Å². The third kappa shape index (κ3) is 3.12. The van der Waals surface area contributed by atoms with Crippen LogP contribution in [0.5, 0.6) is 5.75 Å². The minimum Gasteiger partial charge on any atom is -0.497 e. The lowest BCUT2D eigenvalue weighted by Gasteiger charge is -2.15. The first-order chi connectivity index (χ1) is 10.8. The fourth-order valence-corrected chi connectivity index (χ4v) is 2.62. The van der Waals surface area contributed by atoms with Gasteiger partial charge >= 0.3 is 0 Å². The predicted octanol–water partition coefficient (Wildman–Crippen LogP) is 3.40. The molecule has 4 nitrogen and oxygen atoms in total. The molecule has 0 amide bonds. The third-order valence-corrected chi connectivity index (χ3v) is 3.92. The van der Waals surface area contributed by atoms with Crippen LogP contribution < -0.4 is 10.1 Å². The molecule has 1 unspecified atom stereocenters. The van der Waals surface area contributed by atoms with Gasteiger partial charge in [0.15, 0.2) is 0 Å². The molecular formula is C18H21N3O. The van der Waals surface area contributed by atoms with Gasteiger partial charge in [0.2, 0.25) is 0 Å². The summed E-state index contributed by atoms with van der Waals surface area (Å²) in [7, 11) is 1.70. The van der Waals surface area contributed by atoms with E-state index in [0.29, 0.717) is 0 Å². The minimum atomic E-state index is 0.282. The Hall–Kier alpha value is -2.33. The predicted molar refractivity (Wildman–Crippen MR) is 89.1 cm³/mol. The van der Waals surface area contributed by atoms with Gasteiger partial charge in [0.25, 0.3) is 0 Å². The number of hydrogen-bond donors (Lipinski definition) is 1. The van der Waals surface area contributed by atoms with Gasteiger partial charge in [0, 0.05) is 19.1 Å². The first-order valence-electron chi connectivity index (χ1n) is 7.55. The lowest BCUT2D eigenvalue weighted by Crippen LogP contribution is -2.23. The van der Waals surface area contributed by atoms with Crippen LogP contribution in [0.4, 0.5) is 0 Å². The average molecular weight is 295 g/mol. The molecule has 4 heteroatoms. The molecule has 114 valence electrons. The Morgan fingerprint density at radius 3 is 2.91 bits per heavy atom. The topological polar surface area (TPSA) is 39.1 Å². The molecule has 0 bridgehead atoms. The lowest BCUT2D eigenvalue weighted by atomic mass is 10.1. The number of para-hydroxylation sites is 2. The molecule has 3 rings (SSSR count). The molecule has 0 fully saturated rings. The van der Waals surface area contributed by atoms with Gasteiger partial charge in [-0.1, -0.05) is 24.3 Å². The number of imidazole rings is 1. The quantitative estimate of drug-likeness (QED) is 0.757. The van der Waals surface area contributed by atoms with E-state index in [0.717, 1.165) is 24.4 Å². The van der Waals surface area contributed by atoms with E-state index >= 15 is 0 Å². The van der Waals surface area contributed by atoms with Crippen molar-refractivity contribution in [2.45, 2.75) is 19.5 Å². The zero-order valence-corrected chi connectivity index (χ0v) is 13.0. The summed E-state index contributed by atoms with van der Waals surface area (Å²) in [6, 6.07) is 16.7. The summed E-state index contributed by atoms with van der Waals surface area (Å²) in [5, 5.41) is 3.55. The van der Waals surface area contributed by atoms with Gasteiger partial charge in [-0.25, -0.2) is 4.98 Å². The summed E-state index contributed by atoms with van der Waals surface area (Å²) in [6.07, 6.45) is 1.91. The molecule has 1 heterocycles. The fourth-order valence-electron chi connectivity index (χ4n) is 2.62. The Bertz CT molecular complexity index is 751. The van der Waals surface area contributed by atoms with Gasteiger partial charge < -0.3 is 14.6 Å². The van der Waals surface area contributed by atoms with Gasteiger partial charge in [-0.05, 0) is 36.8 Å². The second-order valence-electron chi connectivity index (χ2n) is 5.38. The van der Waals surface area contributed by atoms with Crippen molar-refractivity contribution in [3.8, 4) is 5.75 Å². The molecule has 0 radical (unpaired) electrons. The van der Waals surface area contributed by atoms with E-state index in [-0.39, 0.29) is 6.04 Å². The van der Waals surface area contributed by atoms with Gasteiger partial charge in [-0.3, -0.25) is 0 Å². The number of ether oxygens (including phenoxy) is 1. The highest BCUT2D eigenvalue weighted by molar-refractivity contribution is 5.74. The van der Waals surface area contributed by atoms with E-state index in [1.807, 2.05) is 36.7 Å². The number of methoxy groups -OCH3 is 1. The van der Waals surface area contributed by atoms with Crippen LogP contribution >= 0.6 is 0 Å². The van der Waals surface area contributed by atoms with E-state index < -0.39 is 0 Å². The number of nitrogens with one attached hydrogen (secondary N) is 1. The number of rotatable bonds is 6. The molecule has 1 aromatic heterocycles. The summed E-state index contributed by atoms with van der Waals surface area (Å²) in [5.74, 6) is 0.895. The Kier molecular flexibility index (Phi) is 4.39. The van der Waals surface area contributed by atoms with Crippen LogP contribution in [-0.4, -0.2) is 23.2 Å². The van der Waals surface area contributed by atoms with Crippen LogP contribution in [0.15, 0.2) is 54.9 Å². The first kappa shape index (κ1) is 14.6. The smallest absolute Gasteiger partial charge is 0.119 e. The molecule has 0 saturated heterocycles. The Balaban J connectivity index is 1.60. The number of hydrogen-bond acceptors (Lipinski definition) is 3. The summed E-state index contributed by atoms with van der Waals surface area (Å²) in [4.78, 5) is 4.42. The molecule has 0 aliphatic carbocycles. The van der Waals surface area contributed by atoms with Crippen molar-refractivity contribution in [3.63, 3.8) is 0 Å². The van der Waals surface area contributed by atoms with E-state index in [9.17, 15) is 0 Å².